The van der Waals surface area contributed by atoms with Gasteiger partial charge in [0, 0.05) is 12.8 Å². The van der Waals surface area contributed by atoms with Gasteiger partial charge in [-0.1, -0.05) is 29.0 Å². The number of rotatable bonds is 5. The summed E-state index contributed by atoms with van der Waals surface area (Å²) in [6.45, 7) is 0.588. The summed E-state index contributed by atoms with van der Waals surface area (Å²) in [6.07, 6.45) is 1.81. The highest BCUT2D eigenvalue weighted by Crippen LogP contribution is 2.31. The van der Waals surface area contributed by atoms with E-state index in [4.69, 9.17) is 11.6 Å². The van der Waals surface area contributed by atoms with Crippen molar-refractivity contribution in [1.29, 1.82) is 0 Å². The molecule has 1 N–H and O–H groups in total. The lowest BCUT2D eigenvalue weighted by atomic mass is 10.3. The fourth-order valence-corrected chi connectivity index (χ4v) is 3.37. The van der Waals surface area contributed by atoms with Gasteiger partial charge in [0.25, 0.3) is 0 Å². The number of hydrogen-bond acceptors (Lipinski definition) is 5. The summed E-state index contributed by atoms with van der Waals surface area (Å²) in [4.78, 5) is 4.38. The highest BCUT2D eigenvalue weighted by molar-refractivity contribution is 7.90. The lowest BCUT2D eigenvalue weighted by Gasteiger charge is -2.00. The molecular weight excluding hydrogens is 292 g/mol. The zero-order valence-corrected chi connectivity index (χ0v) is 12.2. The number of thiazole rings is 1. The van der Waals surface area contributed by atoms with Gasteiger partial charge in [0.2, 0.25) is 0 Å². The van der Waals surface area contributed by atoms with Crippen LogP contribution in [0.25, 0.3) is 10.2 Å². The molecule has 0 amide bonds. The fourth-order valence-electron chi connectivity index (χ4n) is 1.52. The van der Waals surface area contributed by atoms with Crippen LogP contribution in [0.1, 0.15) is 6.42 Å². The molecule has 0 atom stereocenters. The van der Waals surface area contributed by atoms with Gasteiger partial charge in [-0.25, -0.2) is 13.4 Å². The van der Waals surface area contributed by atoms with Gasteiger partial charge in [0.15, 0.2) is 5.13 Å². The maximum atomic E-state index is 11.0. The van der Waals surface area contributed by atoms with Crippen LogP contribution in [0.5, 0.6) is 0 Å². The highest BCUT2D eigenvalue weighted by atomic mass is 35.5. The Balaban J connectivity index is 1.98. The largest absolute Gasteiger partial charge is 0.361 e. The first-order valence-electron chi connectivity index (χ1n) is 5.42. The summed E-state index contributed by atoms with van der Waals surface area (Å²) >= 11 is 7.53. The number of sulfone groups is 1. The van der Waals surface area contributed by atoms with Crippen LogP contribution in [-0.2, 0) is 9.84 Å². The van der Waals surface area contributed by atoms with Crippen molar-refractivity contribution in [2.45, 2.75) is 6.42 Å². The highest BCUT2D eigenvalue weighted by Gasteiger charge is 2.06. The first kappa shape index (κ1) is 13.6. The molecule has 2 rings (SSSR count). The van der Waals surface area contributed by atoms with Gasteiger partial charge < -0.3 is 5.32 Å². The maximum Gasteiger partial charge on any atom is 0.183 e. The molecule has 98 valence electrons. The molecule has 0 radical (unpaired) electrons. The molecule has 0 saturated carbocycles. The molecule has 1 aromatic heterocycles. The minimum atomic E-state index is -2.89. The second-order valence-electron chi connectivity index (χ2n) is 4.02. The standard InChI is InChI=1S/C11H13ClN2O2S2/c1-18(15,16)7-3-6-13-11-14-9-5-2-4-8(12)10(9)17-11/h2,4-5H,3,6-7H2,1H3,(H,13,14). The Bertz CT molecular complexity index is 652. The normalized spacial score (nSPS) is 11.9. The molecule has 0 bridgehead atoms. The van der Waals surface area contributed by atoms with Gasteiger partial charge in [-0.15, -0.1) is 0 Å². The second kappa shape index (κ2) is 5.42. The van der Waals surface area contributed by atoms with Gasteiger partial charge in [0.1, 0.15) is 9.84 Å². The third-order valence-electron chi connectivity index (χ3n) is 2.34. The summed E-state index contributed by atoms with van der Waals surface area (Å²) in [5.74, 6) is 0.186. The van der Waals surface area contributed by atoms with E-state index in [2.05, 4.69) is 10.3 Å². The number of anilines is 1. The van der Waals surface area contributed by atoms with Crippen molar-refractivity contribution in [3.63, 3.8) is 0 Å². The van der Waals surface area contributed by atoms with E-state index in [1.807, 2.05) is 18.2 Å². The average molecular weight is 305 g/mol. The van der Waals surface area contributed by atoms with E-state index in [0.717, 1.165) is 15.3 Å². The van der Waals surface area contributed by atoms with Gasteiger partial charge in [-0.2, -0.15) is 0 Å². The monoisotopic (exact) mass is 304 g/mol. The summed E-state index contributed by atoms with van der Waals surface area (Å²) < 4.78 is 22.9. The van der Waals surface area contributed by atoms with E-state index in [0.29, 0.717) is 18.0 Å². The number of aromatic nitrogens is 1. The number of hydrogen-bond donors (Lipinski definition) is 1. The summed E-state index contributed by atoms with van der Waals surface area (Å²) in [7, 11) is -2.89. The number of benzene rings is 1. The first-order valence-corrected chi connectivity index (χ1v) is 8.68. The fraction of sp³-hybridized carbons (Fsp3) is 0.364. The molecule has 18 heavy (non-hydrogen) atoms. The van der Waals surface area contributed by atoms with Crippen LogP contribution in [0.3, 0.4) is 0 Å². The Hall–Kier alpha value is -0.850. The molecule has 7 heteroatoms. The van der Waals surface area contributed by atoms with E-state index in [1.165, 1.54) is 17.6 Å². The van der Waals surface area contributed by atoms with Crippen molar-refractivity contribution in [3.8, 4) is 0 Å². The van der Waals surface area contributed by atoms with Gasteiger partial charge >= 0.3 is 0 Å². The van der Waals surface area contributed by atoms with E-state index >= 15 is 0 Å². The van der Waals surface area contributed by atoms with Crippen molar-refractivity contribution in [2.24, 2.45) is 0 Å². The molecule has 1 heterocycles. The summed E-state index contributed by atoms with van der Waals surface area (Å²) in [5, 5.41) is 4.58. The topological polar surface area (TPSA) is 59.1 Å². The number of nitrogens with zero attached hydrogens (tertiary/aromatic N) is 1. The molecular formula is C11H13ClN2O2S2. The number of nitrogens with one attached hydrogen (secondary N) is 1. The van der Waals surface area contributed by atoms with Crippen molar-refractivity contribution in [1.82, 2.24) is 4.98 Å². The lowest BCUT2D eigenvalue weighted by molar-refractivity contribution is 0.600. The Morgan fingerprint density at radius 3 is 2.89 bits per heavy atom. The Kier molecular flexibility index (Phi) is 4.09. The molecule has 0 saturated heterocycles. The predicted octanol–water partition coefficient (Wildman–Crippen LogP) is 2.80. The van der Waals surface area contributed by atoms with Crippen LogP contribution in [0.4, 0.5) is 5.13 Å². The Morgan fingerprint density at radius 1 is 1.44 bits per heavy atom. The second-order valence-corrected chi connectivity index (χ2v) is 7.68. The molecule has 0 aliphatic heterocycles. The average Bonchev–Trinajstić information content (AvgIpc) is 2.68. The van der Waals surface area contributed by atoms with Crippen LogP contribution in [0.2, 0.25) is 5.02 Å². The third-order valence-corrected chi connectivity index (χ3v) is 4.85. The minimum Gasteiger partial charge on any atom is -0.361 e. The summed E-state index contributed by atoms with van der Waals surface area (Å²) in [6, 6.07) is 5.59. The number of halogens is 1. The van der Waals surface area contributed by atoms with E-state index in [1.54, 1.807) is 0 Å². The van der Waals surface area contributed by atoms with E-state index in [-0.39, 0.29) is 5.75 Å². The Labute approximate surface area is 115 Å². The minimum absolute atomic E-state index is 0.186. The van der Waals surface area contributed by atoms with Crippen LogP contribution >= 0.6 is 22.9 Å². The third kappa shape index (κ3) is 3.57. The van der Waals surface area contributed by atoms with Gasteiger partial charge in [0.05, 0.1) is 21.0 Å². The van der Waals surface area contributed by atoms with Crippen molar-refractivity contribution in [2.75, 3.05) is 23.9 Å². The smallest absolute Gasteiger partial charge is 0.183 e. The molecule has 2 aromatic rings. The molecule has 4 nitrogen and oxygen atoms in total. The number of fused-ring (bicyclic) bond motifs is 1. The maximum absolute atomic E-state index is 11.0. The molecule has 0 aliphatic rings. The van der Waals surface area contributed by atoms with Crippen molar-refractivity contribution in [3.05, 3.63) is 23.2 Å². The van der Waals surface area contributed by atoms with Gasteiger partial charge in [-0.3, -0.25) is 0 Å². The first-order chi connectivity index (χ1) is 8.46. The molecule has 0 aliphatic carbocycles. The molecule has 1 aromatic carbocycles. The predicted molar refractivity (Wildman–Crippen MR) is 77.4 cm³/mol. The van der Waals surface area contributed by atoms with Gasteiger partial charge in [-0.05, 0) is 18.6 Å². The molecule has 0 fully saturated rings. The quantitative estimate of drug-likeness (QED) is 0.863. The van der Waals surface area contributed by atoms with Crippen LogP contribution in [0.15, 0.2) is 18.2 Å². The van der Waals surface area contributed by atoms with E-state index < -0.39 is 9.84 Å². The zero-order valence-electron chi connectivity index (χ0n) is 9.81. The SMILES string of the molecule is CS(=O)(=O)CCCNc1nc2cccc(Cl)c2s1. The Morgan fingerprint density at radius 2 is 2.22 bits per heavy atom. The molecule has 0 unspecified atom stereocenters. The summed E-state index contributed by atoms with van der Waals surface area (Å²) in [5.41, 5.74) is 0.859. The lowest BCUT2D eigenvalue weighted by Crippen LogP contribution is -2.09. The van der Waals surface area contributed by atoms with Crippen LogP contribution in [0, 0.1) is 0 Å². The van der Waals surface area contributed by atoms with Crippen molar-refractivity contribution < 1.29 is 8.42 Å². The molecule has 0 spiro atoms. The van der Waals surface area contributed by atoms with Crippen LogP contribution < -0.4 is 5.32 Å². The van der Waals surface area contributed by atoms with Crippen molar-refractivity contribution >= 4 is 48.1 Å². The van der Waals surface area contributed by atoms with E-state index in [9.17, 15) is 8.42 Å². The van der Waals surface area contributed by atoms with Crippen LogP contribution in [-0.4, -0.2) is 32.0 Å². The zero-order chi connectivity index (χ0) is 13.2.